The Bertz CT molecular complexity index is 598. The van der Waals surface area contributed by atoms with Crippen molar-refractivity contribution < 1.29 is 0 Å². The van der Waals surface area contributed by atoms with Gasteiger partial charge in [-0.2, -0.15) is 0 Å². The smallest absolute Gasteiger partial charge is 0.0688 e. The van der Waals surface area contributed by atoms with Crippen LogP contribution in [0.2, 0.25) is 0 Å². The predicted octanol–water partition coefficient (Wildman–Crippen LogP) is 5.71. The molecule has 1 nitrogen and oxygen atoms in total. The van der Waals surface area contributed by atoms with Crippen molar-refractivity contribution in [1.29, 1.82) is 0 Å². The number of alkyl halides is 1. The minimum atomic E-state index is 0.832. The quantitative estimate of drug-likeness (QED) is 0.477. The lowest BCUT2D eigenvalue weighted by Gasteiger charge is -2.06. The van der Waals surface area contributed by atoms with Crippen LogP contribution in [0.1, 0.15) is 22.3 Å². The van der Waals surface area contributed by atoms with Gasteiger partial charge < -0.3 is 0 Å². The van der Waals surface area contributed by atoms with Gasteiger partial charge in [-0.1, -0.05) is 52.3 Å². The molecule has 2 rings (SSSR count). The van der Waals surface area contributed by atoms with Crippen LogP contribution in [0, 0.1) is 13.8 Å². The minimum absolute atomic E-state index is 0.832. The number of aryl methyl sites for hydroxylation is 2. The lowest BCUT2D eigenvalue weighted by Crippen LogP contribution is -1.89. The van der Waals surface area contributed by atoms with Crippen molar-refractivity contribution in [3.05, 3.63) is 63.1 Å². The molecule has 2 aromatic carbocycles. The number of aliphatic imine (C=N–C) groups is 1. The third-order valence-electron chi connectivity index (χ3n) is 3.02. The molecule has 3 heteroatoms. The standard InChI is InChI=1S/C16H15Br2N/c1-11-5-3-6-12(2)16(11)19-10-14-8-4-7-13(9-17)15(14)18/h3-8,10H,9H2,1-2H3. The van der Waals surface area contributed by atoms with Gasteiger partial charge in [-0.15, -0.1) is 0 Å². The van der Waals surface area contributed by atoms with Gasteiger partial charge in [0.05, 0.1) is 5.69 Å². The first kappa shape index (κ1) is 14.5. The molecule has 0 fully saturated rings. The third kappa shape index (κ3) is 3.34. The number of halogens is 2. The summed E-state index contributed by atoms with van der Waals surface area (Å²) in [7, 11) is 0. The molecule has 98 valence electrons. The average molecular weight is 381 g/mol. The first-order valence-electron chi connectivity index (χ1n) is 6.07. The topological polar surface area (TPSA) is 12.4 Å². The summed E-state index contributed by atoms with van der Waals surface area (Å²) in [5, 5.41) is 0.832. The third-order valence-corrected chi connectivity index (χ3v) is 4.60. The van der Waals surface area contributed by atoms with Crippen LogP contribution in [0.3, 0.4) is 0 Å². The fraction of sp³-hybridized carbons (Fsp3) is 0.188. The Kier molecular flexibility index (Phi) is 4.94. The number of nitrogens with zero attached hydrogens (tertiary/aromatic N) is 1. The molecule has 0 N–H and O–H groups in total. The van der Waals surface area contributed by atoms with Crippen LogP contribution < -0.4 is 0 Å². The largest absolute Gasteiger partial charge is 0.256 e. The first-order chi connectivity index (χ1) is 9.13. The number of hydrogen-bond acceptors (Lipinski definition) is 1. The zero-order valence-corrected chi connectivity index (χ0v) is 14.1. The Morgan fingerprint density at radius 2 is 1.68 bits per heavy atom. The molecule has 0 amide bonds. The number of rotatable bonds is 3. The molecule has 0 aromatic heterocycles. The zero-order valence-electron chi connectivity index (χ0n) is 11.0. The Balaban J connectivity index is 2.38. The van der Waals surface area contributed by atoms with E-state index in [0.717, 1.165) is 21.1 Å². The molecule has 0 saturated heterocycles. The van der Waals surface area contributed by atoms with Crippen molar-refractivity contribution in [3.63, 3.8) is 0 Å². The molecule has 0 aliphatic rings. The molecule has 0 unspecified atom stereocenters. The summed E-state index contributed by atoms with van der Waals surface area (Å²) in [4.78, 5) is 4.64. The fourth-order valence-electron chi connectivity index (χ4n) is 1.95. The molecule has 19 heavy (non-hydrogen) atoms. The van der Waals surface area contributed by atoms with E-state index in [4.69, 9.17) is 0 Å². The Hall–Kier alpha value is -0.930. The van der Waals surface area contributed by atoms with Crippen LogP contribution in [0.5, 0.6) is 0 Å². The van der Waals surface area contributed by atoms with Gasteiger partial charge in [0.15, 0.2) is 0 Å². The van der Waals surface area contributed by atoms with Crippen LogP contribution in [0.4, 0.5) is 5.69 Å². The summed E-state index contributed by atoms with van der Waals surface area (Å²) < 4.78 is 1.10. The molecule has 0 aliphatic heterocycles. The van der Waals surface area contributed by atoms with Gasteiger partial charge in [0.2, 0.25) is 0 Å². The van der Waals surface area contributed by atoms with Crippen molar-refractivity contribution in [2.75, 3.05) is 0 Å². The Morgan fingerprint density at radius 1 is 1.05 bits per heavy atom. The highest BCUT2D eigenvalue weighted by Gasteiger charge is 2.03. The molecule has 0 spiro atoms. The van der Waals surface area contributed by atoms with Gasteiger partial charge >= 0.3 is 0 Å². The lowest BCUT2D eigenvalue weighted by atomic mass is 10.1. The first-order valence-corrected chi connectivity index (χ1v) is 7.98. The van der Waals surface area contributed by atoms with Gasteiger partial charge in [-0.25, -0.2) is 0 Å². The normalized spacial score (nSPS) is 11.2. The van der Waals surface area contributed by atoms with Gasteiger partial charge in [0.25, 0.3) is 0 Å². The van der Waals surface area contributed by atoms with E-state index in [9.17, 15) is 0 Å². The second kappa shape index (κ2) is 6.49. The van der Waals surface area contributed by atoms with Crippen LogP contribution in [-0.2, 0) is 5.33 Å². The molecular formula is C16H15Br2N. The van der Waals surface area contributed by atoms with Gasteiger partial charge in [-0.3, -0.25) is 4.99 Å². The molecule has 0 heterocycles. The zero-order chi connectivity index (χ0) is 13.8. The molecule has 0 atom stereocenters. The number of benzene rings is 2. The molecule has 0 bridgehead atoms. The predicted molar refractivity (Wildman–Crippen MR) is 89.9 cm³/mol. The van der Waals surface area contributed by atoms with Crippen molar-refractivity contribution in [2.24, 2.45) is 4.99 Å². The van der Waals surface area contributed by atoms with Crippen LogP contribution >= 0.6 is 31.9 Å². The van der Waals surface area contributed by atoms with E-state index >= 15 is 0 Å². The summed E-state index contributed by atoms with van der Waals surface area (Å²) >= 11 is 7.12. The monoisotopic (exact) mass is 379 g/mol. The summed E-state index contributed by atoms with van der Waals surface area (Å²) in [5.74, 6) is 0. The maximum Gasteiger partial charge on any atom is 0.0688 e. The lowest BCUT2D eigenvalue weighted by molar-refractivity contribution is 1.33. The number of hydrogen-bond donors (Lipinski definition) is 0. The number of para-hydroxylation sites is 1. The van der Waals surface area contributed by atoms with Crippen molar-refractivity contribution in [3.8, 4) is 0 Å². The molecule has 0 saturated carbocycles. The van der Waals surface area contributed by atoms with Gasteiger partial charge in [0.1, 0.15) is 0 Å². The van der Waals surface area contributed by atoms with E-state index in [1.165, 1.54) is 16.7 Å². The highest BCUT2D eigenvalue weighted by Crippen LogP contribution is 2.25. The Labute approximate surface area is 131 Å². The summed E-state index contributed by atoms with van der Waals surface area (Å²) in [6.07, 6.45) is 1.92. The highest BCUT2D eigenvalue weighted by molar-refractivity contribution is 9.10. The van der Waals surface area contributed by atoms with E-state index in [1.807, 2.05) is 12.3 Å². The van der Waals surface area contributed by atoms with Crippen LogP contribution in [-0.4, -0.2) is 6.21 Å². The molecular weight excluding hydrogens is 366 g/mol. The van der Waals surface area contributed by atoms with E-state index in [1.54, 1.807) is 0 Å². The summed E-state index contributed by atoms with van der Waals surface area (Å²) in [6.45, 7) is 4.17. The van der Waals surface area contributed by atoms with Crippen molar-refractivity contribution in [1.82, 2.24) is 0 Å². The van der Waals surface area contributed by atoms with Crippen LogP contribution in [0.25, 0.3) is 0 Å². The van der Waals surface area contributed by atoms with E-state index in [0.29, 0.717) is 0 Å². The summed E-state index contributed by atoms with van der Waals surface area (Å²) in [6, 6.07) is 12.4. The second-order valence-electron chi connectivity index (χ2n) is 4.45. The summed E-state index contributed by atoms with van der Waals surface area (Å²) in [5.41, 5.74) is 5.77. The maximum absolute atomic E-state index is 4.64. The van der Waals surface area contributed by atoms with Crippen molar-refractivity contribution in [2.45, 2.75) is 19.2 Å². The average Bonchev–Trinajstić information content (AvgIpc) is 2.40. The second-order valence-corrected chi connectivity index (χ2v) is 5.81. The fourth-order valence-corrected chi connectivity index (χ4v) is 3.30. The van der Waals surface area contributed by atoms with E-state index in [2.05, 4.69) is 81.0 Å². The van der Waals surface area contributed by atoms with Crippen molar-refractivity contribution >= 4 is 43.8 Å². The minimum Gasteiger partial charge on any atom is -0.256 e. The van der Waals surface area contributed by atoms with Gasteiger partial charge in [-0.05, 0) is 46.5 Å². The molecule has 2 aromatic rings. The molecule has 0 radical (unpaired) electrons. The van der Waals surface area contributed by atoms with E-state index < -0.39 is 0 Å². The van der Waals surface area contributed by atoms with Gasteiger partial charge in [0, 0.05) is 21.6 Å². The Morgan fingerprint density at radius 3 is 2.32 bits per heavy atom. The maximum atomic E-state index is 4.64. The van der Waals surface area contributed by atoms with Crippen LogP contribution in [0.15, 0.2) is 45.9 Å². The highest BCUT2D eigenvalue weighted by atomic mass is 79.9. The molecule has 0 aliphatic carbocycles. The van der Waals surface area contributed by atoms with E-state index in [-0.39, 0.29) is 0 Å². The SMILES string of the molecule is Cc1cccc(C)c1N=Cc1cccc(CBr)c1Br.